The van der Waals surface area contributed by atoms with E-state index in [4.69, 9.17) is 9.15 Å². The van der Waals surface area contributed by atoms with E-state index in [0.717, 1.165) is 31.2 Å². The zero-order valence-corrected chi connectivity index (χ0v) is 23.0. The van der Waals surface area contributed by atoms with Gasteiger partial charge in [0.1, 0.15) is 5.52 Å². The number of aryl methyl sites for hydroxylation is 1. The highest BCUT2D eigenvalue weighted by Crippen LogP contribution is 2.32. The number of hydrogen-bond donors (Lipinski definition) is 3. The van der Waals surface area contributed by atoms with Crippen LogP contribution in [0.4, 0.5) is 4.79 Å². The largest absolute Gasteiger partial charge is 0.437 e. The van der Waals surface area contributed by atoms with Gasteiger partial charge < -0.3 is 29.8 Å². The van der Waals surface area contributed by atoms with Gasteiger partial charge in [0.05, 0.1) is 25.7 Å². The second-order valence-corrected chi connectivity index (χ2v) is 11.0. The zero-order chi connectivity index (χ0) is 27.8. The van der Waals surface area contributed by atoms with E-state index in [9.17, 15) is 14.7 Å². The molecule has 3 amide bonds. The fourth-order valence-corrected chi connectivity index (χ4v) is 5.79. The highest BCUT2D eigenvalue weighted by Gasteiger charge is 2.37. The minimum absolute atomic E-state index is 0.0356. The van der Waals surface area contributed by atoms with Crippen LogP contribution in [0.5, 0.6) is 0 Å². The second-order valence-electron chi connectivity index (χ2n) is 11.0. The van der Waals surface area contributed by atoms with Gasteiger partial charge in [-0.25, -0.2) is 9.78 Å². The van der Waals surface area contributed by atoms with Gasteiger partial charge in [-0.1, -0.05) is 61.7 Å². The molecule has 0 radical (unpaired) electrons. The number of benzene rings is 2. The number of urea groups is 1. The van der Waals surface area contributed by atoms with Crippen molar-refractivity contribution in [3.8, 4) is 0 Å². The normalized spacial score (nSPS) is 18.7. The molecule has 0 spiro atoms. The van der Waals surface area contributed by atoms with Gasteiger partial charge in [-0.05, 0) is 49.3 Å². The lowest BCUT2D eigenvalue weighted by Crippen LogP contribution is -2.51. The molecule has 9 nitrogen and oxygen atoms in total. The van der Waals surface area contributed by atoms with Crippen LogP contribution in [0.3, 0.4) is 0 Å². The molecule has 2 aliphatic rings. The number of fused-ring (bicyclic) bond motifs is 1. The first kappa shape index (κ1) is 28.1. The first-order valence-corrected chi connectivity index (χ1v) is 14.5. The number of aromatic nitrogens is 1. The lowest BCUT2D eigenvalue weighted by molar-refractivity contribution is -0.128. The summed E-state index contributed by atoms with van der Waals surface area (Å²) in [5.41, 5.74) is 0.827. The van der Waals surface area contributed by atoms with Crippen molar-refractivity contribution < 1.29 is 23.8 Å². The fourth-order valence-electron chi connectivity index (χ4n) is 5.79. The van der Waals surface area contributed by atoms with Crippen LogP contribution in [-0.2, 0) is 21.6 Å². The maximum Gasteiger partial charge on any atom is 0.317 e. The highest BCUT2D eigenvalue weighted by molar-refractivity contribution is 5.81. The molecule has 2 atom stereocenters. The molecule has 3 N–H and O–H groups in total. The Kier molecular flexibility index (Phi) is 9.34. The fraction of sp³-hybridized carbons (Fsp3) is 0.516. The number of nitrogens with zero attached hydrogens (tertiary/aromatic N) is 2. The molecule has 1 aliphatic heterocycles. The number of oxazole rings is 1. The summed E-state index contributed by atoms with van der Waals surface area (Å²) in [4.78, 5) is 32.8. The van der Waals surface area contributed by atoms with Gasteiger partial charge in [-0.15, -0.1) is 0 Å². The third-order valence-corrected chi connectivity index (χ3v) is 8.24. The average molecular weight is 549 g/mol. The number of nitrogens with one attached hydrogen (secondary N) is 2. The van der Waals surface area contributed by atoms with Crippen molar-refractivity contribution in [1.29, 1.82) is 0 Å². The Labute approximate surface area is 235 Å². The van der Waals surface area contributed by atoms with E-state index >= 15 is 0 Å². The van der Waals surface area contributed by atoms with E-state index in [2.05, 4.69) is 15.6 Å². The Balaban J connectivity index is 1.30. The molecule has 1 saturated heterocycles. The Morgan fingerprint density at radius 3 is 2.48 bits per heavy atom. The van der Waals surface area contributed by atoms with Crippen molar-refractivity contribution in [2.45, 2.75) is 50.5 Å². The topological polar surface area (TPSA) is 117 Å². The quantitative estimate of drug-likeness (QED) is 0.353. The third-order valence-electron chi connectivity index (χ3n) is 8.24. The molecule has 2 unspecified atom stereocenters. The van der Waals surface area contributed by atoms with Gasteiger partial charge in [0.2, 0.25) is 11.8 Å². The van der Waals surface area contributed by atoms with Gasteiger partial charge in [0.25, 0.3) is 0 Å². The number of rotatable bonds is 10. The molecule has 40 heavy (non-hydrogen) atoms. The molecule has 1 aliphatic carbocycles. The maximum absolute atomic E-state index is 13.7. The number of aliphatic hydroxyl groups is 1. The van der Waals surface area contributed by atoms with Crippen molar-refractivity contribution in [2.75, 3.05) is 39.4 Å². The van der Waals surface area contributed by atoms with Crippen LogP contribution in [0.2, 0.25) is 0 Å². The van der Waals surface area contributed by atoms with Crippen molar-refractivity contribution in [3.63, 3.8) is 0 Å². The first-order chi connectivity index (χ1) is 19.5. The molecule has 214 valence electrons. The average Bonchev–Trinajstić information content (AvgIpc) is 3.46. The second kappa shape index (κ2) is 13.3. The summed E-state index contributed by atoms with van der Waals surface area (Å²) in [5.74, 6) is -0.170. The van der Waals surface area contributed by atoms with Crippen molar-refractivity contribution in [1.82, 2.24) is 20.5 Å². The van der Waals surface area contributed by atoms with Gasteiger partial charge in [-0.3, -0.25) is 4.79 Å². The van der Waals surface area contributed by atoms with Crippen LogP contribution in [0, 0.1) is 11.8 Å². The third kappa shape index (κ3) is 7.01. The van der Waals surface area contributed by atoms with Crippen molar-refractivity contribution in [2.24, 2.45) is 11.8 Å². The van der Waals surface area contributed by atoms with Crippen LogP contribution < -0.4 is 10.6 Å². The summed E-state index contributed by atoms with van der Waals surface area (Å²) in [6.45, 7) is 2.37. The van der Waals surface area contributed by atoms with Crippen LogP contribution in [0.25, 0.3) is 11.1 Å². The Morgan fingerprint density at radius 1 is 1.00 bits per heavy atom. The monoisotopic (exact) mass is 548 g/mol. The molecule has 2 heterocycles. The van der Waals surface area contributed by atoms with Gasteiger partial charge >= 0.3 is 6.03 Å². The molecular formula is C31H40N4O5. The first-order valence-electron chi connectivity index (χ1n) is 14.5. The van der Waals surface area contributed by atoms with Gasteiger partial charge in [0.15, 0.2) is 11.2 Å². The lowest BCUT2D eigenvalue weighted by atomic mass is 9.79. The molecule has 1 aromatic heterocycles. The molecule has 2 aromatic carbocycles. The predicted octanol–water partition coefficient (Wildman–Crippen LogP) is 4.00. The number of ether oxygens (including phenoxy) is 1. The van der Waals surface area contributed by atoms with E-state index in [1.165, 1.54) is 6.42 Å². The molecule has 9 heteroatoms. The molecule has 1 saturated carbocycles. The van der Waals surface area contributed by atoms with Crippen LogP contribution in [0.15, 0.2) is 59.0 Å². The lowest BCUT2D eigenvalue weighted by Gasteiger charge is -2.32. The van der Waals surface area contributed by atoms with Gasteiger partial charge in [0, 0.05) is 19.6 Å². The molecule has 0 bridgehead atoms. The van der Waals surface area contributed by atoms with E-state index in [0.29, 0.717) is 50.2 Å². The van der Waals surface area contributed by atoms with Crippen molar-refractivity contribution >= 4 is 23.0 Å². The number of morpholine rings is 1. The predicted molar refractivity (Wildman–Crippen MR) is 152 cm³/mol. The molecule has 5 rings (SSSR count). The van der Waals surface area contributed by atoms with E-state index in [-0.39, 0.29) is 42.8 Å². The smallest absolute Gasteiger partial charge is 0.317 e. The molecule has 3 aromatic rings. The minimum Gasteiger partial charge on any atom is -0.437 e. The van der Waals surface area contributed by atoms with E-state index < -0.39 is 5.60 Å². The highest BCUT2D eigenvalue weighted by atomic mass is 16.5. The van der Waals surface area contributed by atoms with E-state index in [1.807, 2.05) is 54.6 Å². The SMILES string of the molecule is O=C(NCC(O)(CCc1ccccc1)c1nc2ccccc2o1)C(CNC(=O)N1CCOCC1)C1CCCCC1. The summed E-state index contributed by atoms with van der Waals surface area (Å²) in [6.07, 6.45) is 6.15. The number of amides is 3. The van der Waals surface area contributed by atoms with Crippen LogP contribution in [0.1, 0.15) is 50.0 Å². The summed E-state index contributed by atoms with van der Waals surface area (Å²) in [7, 11) is 0. The Bertz CT molecular complexity index is 1220. The van der Waals surface area contributed by atoms with Gasteiger partial charge in [-0.2, -0.15) is 0 Å². The summed E-state index contributed by atoms with van der Waals surface area (Å²) < 4.78 is 11.3. The maximum atomic E-state index is 13.7. The zero-order valence-electron chi connectivity index (χ0n) is 23.0. The number of hydrogen-bond acceptors (Lipinski definition) is 6. The van der Waals surface area contributed by atoms with Crippen LogP contribution >= 0.6 is 0 Å². The van der Waals surface area contributed by atoms with Crippen molar-refractivity contribution in [3.05, 3.63) is 66.1 Å². The van der Waals surface area contributed by atoms with E-state index in [1.54, 1.807) is 4.90 Å². The molecule has 2 fully saturated rings. The standard InChI is InChI=1S/C31H40N4O5/c36-28(25(24-11-5-2-6-12-24)21-32-30(37)35-17-19-39-20-18-35)33-22-31(38,16-15-23-9-3-1-4-10-23)29-34-26-13-7-8-14-27(26)40-29/h1,3-4,7-10,13-14,24-25,38H,2,5-6,11-12,15-22H2,(H,32,37)(H,33,36). The van der Waals surface area contributed by atoms with Crippen LogP contribution in [-0.4, -0.2) is 66.3 Å². The summed E-state index contributed by atoms with van der Waals surface area (Å²) in [5, 5.41) is 17.9. The Morgan fingerprint density at radius 2 is 1.73 bits per heavy atom. The summed E-state index contributed by atoms with van der Waals surface area (Å²) in [6, 6.07) is 17.2. The Hall–Kier alpha value is -3.43. The number of para-hydroxylation sites is 2. The number of carbonyl (C=O) groups excluding carboxylic acids is 2. The summed E-state index contributed by atoms with van der Waals surface area (Å²) >= 11 is 0. The number of carbonyl (C=O) groups is 2. The molecular weight excluding hydrogens is 508 g/mol. The minimum atomic E-state index is -1.50.